The molecule has 0 unspecified atom stereocenters. The van der Waals surface area contributed by atoms with Crippen LogP contribution in [0.4, 0.5) is 0 Å². The number of fused-ring (bicyclic) bond motifs is 3. The second-order valence-electron chi connectivity index (χ2n) is 18.9. The summed E-state index contributed by atoms with van der Waals surface area (Å²) in [6, 6.07) is 53.8. The number of H-pyrrole nitrogens is 1. The van der Waals surface area contributed by atoms with Crippen molar-refractivity contribution in [2.45, 2.75) is 85.4 Å². The number of aromatic amines is 1. The largest absolute Gasteiger partial charge is 0.489 e. The summed E-state index contributed by atoms with van der Waals surface area (Å²) in [5.41, 5.74) is 11.9. The quantitative estimate of drug-likeness (QED) is 0.0591. The molecule has 2 aromatic heterocycles. The van der Waals surface area contributed by atoms with Crippen LogP contribution in [0.25, 0.3) is 44.7 Å². The van der Waals surface area contributed by atoms with Crippen molar-refractivity contribution in [2.24, 2.45) is 10.9 Å². The molecule has 2 heterocycles. The molecule has 346 valence electrons. The highest BCUT2D eigenvalue weighted by Crippen LogP contribution is 2.32. The Bertz CT molecular complexity index is 3070. The predicted octanol–water partition coefficient (Wildman–Crippen LogP) is 13.6. The van der Waals surface area contributed by atoms with E-state index in [9.17, 15) is 0 Å². The summed E-state index contributed by atoms with van der Waals surface area (Å²) in [7, 11) is 0. The standard InChI is InChI=1S/C57H55N3O5.CH4N2/c1-56(2,3)45-23-17-39(18-24-45)34-61-33-38-11-13-40(14-12-38)35-63-48-29-42(37-62-47-27-28-51-50-9-7-8-10-52(50)58-53(51)32-47)30-49(31-48)64-36-41-15-19-43(20-16-41)54-59-60-55(65-54)44-21-25-46(26-22-44)57(4,5)6;1-3-2/h7-32,58H,33-37H2,1-6H3;1-2H2. The number of rotatable bonds is 15. The average molecular weight is 906 g/mol. The molecule has 0 aliphatic heterocycles. The lowest BCUT2D eigenvalue weighted by Crippen LogP contribution is -2.10. The second kappa shape index (κ2) is 20.9. The van der Waals surface area contributed by atoms with E-state index in [1.165, 1.54) is 27.5 Å². The second-order valence-corrected chi connectivity index (χ2v) is 18.9. The van der Waals surface area contributed by atoms with Crippen LogP contribution >= 0.6 is 0 Å². The third-order valence-corrected chi connectivity index (χ3v) is 11.6. The summed E-state index contributed by atoms with van der Waals surface area (Å²) in [5, 5.41) is 13.8. The van der Waals surface area contributed by atoms with Gasteiger partial charge in [-0.05, 0) is 104 Å². The molecular weight excluding hydrogens is 847 g/mol. The Balaban J connectivity index is 0.00000203. The average Bonchev–Trinajstić information content (AvgIpc) is 3.98. The molecule has 0 fully saturated rings. The number of hydrazone groups is 1. The highest BCUT2D eigenvalue weighted by atomic mass is 16.5. The van der Waals surface area contributed by atoms with E-state index in [1.807, 2.05) is 66.7 Å². The number of nitrogens with one attached hydrogen (secondary N) is 1. The minimum Gasteiger partial charge on any atom is -0.489 e. The van der Waals surface area contributed by atoms with Gasteiger partial charge in [0.25, 0.3) is 0 Å². The summed E-state index contributed by atoms with van der Waals surface area (Å²) in [5.74, 6) is 7.45. The first kappa shape index (κ1) is 46.8. The number of hydrogen-bond acceptors (Lipinski definition) is 9. The highest BCUT2D eigenvalue weighted by Gasteiger charge is 2.17. The van der Waals surface area contributed by atoms with Crippen molar-refractivity contribution >= 4 is 28.5 Å². The van der Waals surface area contributed by atoms with Crippen LogP contribution in [0.1, 0.15) is 80.5 Å². The molecule has 9 rings (SSSR count). The summed E-state index contributed by atoms with van der Waals surface area (Å²) < 4.78 is 31.3. The smallest absolute Gasteiger partial charge is 0.248 e. The molecule has 10 heteroatoms. The van der Waals surface area contributed by atoms with Gasteiger partial charge in [-0.3, -0.25) is 0 Å². The summed E-state index contributed by atoms with van der Waals surface area (Å²) in [6.45, 7) is 18.3. The van der Waals surface area contributed by atoms with Crippen molar-refractivity contribution in [3.63, 3.8) is 0 Å². The lowest BCUT2D eigenvalue weighted by atomic mass is 9.87. The van der Waals surface area contributed by atoms with Crippen molar-refractivity contribution in [2.75, 3.05) is 0 Å². The molecule has 0 amide bonds. The topological polar surface area (TPSA) is 130 Å². The van der Waals surface area contributed by atoms with Crippen LogP contribution in [0.2, 0.25) is 0 Å². The number of nitrogens with two attached hydrogens (primary N) is 1. The van der Waals surface area contributed by atoms with E-state index in [0.29, 0.717) is 56.3 Å². The van der Waals surface area contributed by atoms with Crippen LogP contribution in [0.5, 0.6) is 17.2 Å². The van der Waals surface area contributed by atoms with E-state index in [-0.39, 0.29) is 10.8 Å². The molecule has 0 spiro atoms. The Morgan fingerprint density at radius 1 is 0.485 bits per heavy atom. The van der Waals surface area contributed by atoms with E-state index in [4.69, 9.17) is 23.4 Å². The van der Waals surface area contributed by atoms with Crippen molar-refractivity contribution in [3.05, 3.63) is 197 Å². The Hall–Kier alpha value is -7.69. The molecule has 0 saturated heterocycles. The predicted molar refractivity (Wildman–Crippen MR) is 273 cm³/mol. The van der Waals surface area contributed by atoms with Crippen LogP contribution in [-0.4, -0.2) is 21.9 Å². The van der Waals surface area contributed by atoms with Gasteiger partial charge in [-0.1, -0.05) is 133 Å². The summed E-state index contributed by atoms with van der Waals surface area (Å²) >= 11 is 0. The normalized spacial score (nSPS) is 11.6. The molecule has 7 aromatic carbocycles. The van der Waals surface area contributed by atoms with Gasteiger partial charge in [0.15, 0.2) is 0 Å². The maximum atomic E-state index is 6.41. The van der Waals surface area contributed by atoms with Gasteiger partial charge < -0.3 is 34.2 Å². The van der Waals surface area contributed by atoms with Gasteiger partial charge in [-0.15, -0.1) is 10.2 Å². The lowest BCUT2D eigenvalue weighted by Gasteiger charge is -2.19. The maximum absolute atomic E-state index is 6.41. The minimum atomic E-state index is 0.0675. The third-order valence-electron chi connectivity index (χ3n) is 11.6. The Morgan fingerprint density at radius 3 is 1.46 bits per heavy atom. The van der Waals surface area contributed by atoms with Gasteiger partial charge in [0, 0.05) is 46.3 Å². The van der Waals surface area contributed by atoms with Gasteiger partial charge in [0.05, 0.1) is 18.7 Å². The van der Waals surface area contributed by atoms with Crippen LogP contribution in [0.3, 0.4) is 0 Å². The molecule has 9 aromatic rings. The molecule has 0 atom stereocenters. The van der Waals surface area contributed by atoms with Crippen LogP contribution in [0, 0.1) is 0 Å². The zero-order valence-corrected chi connectivity index (χ0v) is 39.7. The minimum absolute atomic E-state index is 0.0675. The van der Waals surface area contributed by atoms with Crippen molar-refractivity contribution < 1.29 is 23.4 Å². The van der Waals surface area contributed by atoms with Crippen molar-refractivity contribution in [3.8, 4) is 40.2 Å². The summed E-state index contributed by atoms with van der Waals surface area (Å²) in [4.78, 5) is 3.51. The van der Waals surface area contributed by atoms with E-state index < -0.39 is 0 Å². The molecule has 0 bridgehead atoms. The van der Waals surface area contributed by atoms with Gasteiger partial charge in [-0.2, -0.15) is 5.10 Å². The van der Waals surface area contributed by atoms with E-state index in [2.05, 4.69) is 165 Å². The monoisotopic (exact) mass is 905 g/mol. The van der Waals surface area contributed by atoms with Gasteiger partial charge >= 0.3 is 0 Å². The number of hydrogen-bond donors (Lipinski definition) is 2. The first-order valence-electron chi connectivity index (χ1n) is 22.8. The Labute approximate surface area is 398 Å². The SMILES string of the molecule is C=NN.CC(C)(C)c1ccc(COCc2ccc(COc3cc(COc4ccc5c(c4)[nH]c4ccccc45)cc(OCc4ccc(-c5nnc(-c6ccc(C(C)(C)C)cc6)o5)cc4)c3)cc2)cc1. The molecule has 10 nitrogen and oxygen atoms in total. The number of aromatic nitrogens is 3. The number of ether oxygens (including phenoxy) is 4. The Morgan fingerprint density at radius 2 is 0.912 bits per heavy atom. The molecular formula is C58H59N5O5. The van der Waals surface area contributed by atoms with Crippen LogP contribution in [-0.2, 0) is 48.6 Å². The van der Waals surface area contributed by atoms with Gasteiger partial charge in [0.1, 0.15) is 37.1 Å². The third kappa shape index (κ3) is 12.0. The van der Waals surface area contributed by atoms with E-state index >= 15 is 0 Å². The van der Waals surface area contributed by atoms with Crippen LogP contribution in [0.15, 0.2) is 167 Å². The number of nitrogens with zero attached hydrogens (tertiary/aromatic N) is 3. The van der Waals surface area contributed by atoms with Crippen molar-refractivity contribution in [1.82, 2.24) is 15.2 Å². The molecule has 0 saturated carbocycles. The zero-order valence-electron chi connectivity index (χ0n) is 39.7. The van der Waals surface area contributed by atoms with Gasteiger partial charge in [-0.25, -0.2) is 0 Å². The fraction of sp³-hybridized carbons (Fsp3) is 0.224. The summed E-state index contributed by atoms with van der Waals surface area (Å²) in [6.07, 6.45) is 0. The fourth-order valence-corrected chi connectivity index (χ4v) is 7.74. The van der Waals surface area contributed by atoms with Gasteiger partial charge in [0.2, 0.25) is 11.8 Å². The molecule has 0 aliphatic carbocycles. The van der Waals surface area contributed by atoms with Crippen LogP contribution < -0.4 is 20.1 Å². The van der Waals surface area contributed by atoms with E-state index in [1.54, 1.807) is 0 Å². The first-order chi connectivity index (χ1) is 32.8. The fourth-order valence-electron chi connectivity index (χ4n) is 7.74. The molecule has 68 heavy (non-hydrogen) atoms. The first-order valence-corrected chi connectivity index (χ1v) is 22.8. The maximum Gasteiger partial charge on any atom is 0.248 e. The molecule has 0 radical (unpaired) electrons. The molecule has 0 aliphatic rings. The highest BCUT2D eigenvalue weighted by molar-refractivity contribution is 6.07. The van der Waals surface area contributed by atoms with Crippen molar-refractivity contribution in [1.29, 1.82) is 0 Å². The molecule has 3 N–H and O–H groups in total. The number of para-hydroxylation sites is 1. The zero-order chi connectivity index (χ0) is 47.7. The lowest BCUT2D eigenvalue weighted by molar-refractivity contribution is 0.107. The Kier molecular flexibility index (Phi) is 14.4. The van der Waals surface area contributed by atoms with E-state index in [0.717, 1.165) is 50.2 Å². The number of benzene rings is 7.